The number of furan rings is 1. The van der Waals surface area contributed by atoms with Crippen molar-refractivity contribution in [1.82, 2.24) is 14.9 Å². The molecule has 4 rings (SSSR count). The van der Waals surface area contributed by atoms with Gasteiger partial charge in [-0.15, -0.1) is 0 Å². The highest BCUT2D eigenvalue weighted by Crippen LogP contribution is 2.38. The van der Waals surface area contributed by atoms with E-state index in [4.69, 9.17) is 14.1 Å². The predicted molar refractivity (Wildman–Crippen MR) is 81.5 cm³/mol. The molecule has 2 aliphatic rings. The second-order valence-electron chi connectivity index (χ2n) is 6.26. The predicted octanol–water partition coefficient (Wildman–Crippen LogP) is 1.79. The number of nitrogens with one attached hydrogen (secondary N) is 1. The fraction of sp³-hybridized carbons (Fsp3) is 0.500. The van der Waals surface area contributed by atoms with E-state index in [1.807, 2.05) is 18.3 Å². The van der Waals surface area contributed by atoms with E-state index < -0.39 is 0 Å². The molecule has 6 heteroatoms. The Morgan fingerprint density at radius 3 is 3.18 bits per heavy atom. The molecular weight excluding hydrogens is 280 g/mol. The van der Waals surface area contributed by atoms with Crippen molar-refractivity contribution >= 4 is 5.95 Å². The smallest absolute Gasteiger partial charge is 0.223 e. The summed E-state index contributed by atoms with van der Waals surface area (Å²) in [5.74, 6) is 1.53. The molecule has 1 N–H and O–H groups in total. The Labute approximate surface area is 129 Å². The summed E-state index contributed by atoms with van der Waals surface area (Å²) < 4.78 is 11.1. The lowest BCUT2D eigenvalue weighted by Gasteiger charge is -2.34. The molecule has 1 spiro atoms. The first-order chi connectivity index (χ1) is 10.8. The third-order valence-electron chi connectivity index (χ3n) is 4.55. The minimum atomic E-state index is 0.0202. The number of fused-ring (bicyclic) bond motifs is 2. The highest BCUT2D eigenvalue weighted by Gasteiger charge is 2.43. The Balaban J connectivity index is 1.60. The average molecular weight is 300 g/mol. The number of ether oxygens (including phenoxy) is 1. The van der Waals surface area contributed by atoms with Crippen molar-refractivity contribution in [2.24, 2.45) is 0 Å². The molecule has 0 amide bonds. The Bertz CT molecular complexity index is 658. The van der Waals surface area contributed by atoms with Crippen molar-refractivity contribution in [3.63, 3.8) is 0 Å². The summed E-state index contributed by atoms with van der Waals surface area (Å²) >= 11 is 0. The van der Waals surface area contributed by atoms with Crippen molar-refractivity contribution < 1.29 is 9.15 Å². The Morgan fingerprint density at radius 2 is 2.41 bits per heavy atom. The third kappa shape index (κ3) is 2.38. The lowest BCUT2D eigenvalue weighted by atomic mass is 9.81. The molecule has 4 heterocycles. The number of anilines is 1. The van der Waals surface area contributed by atoms with E-state index in [9.17, 15) is 0 Å². The van der Waals surface area contributed by atoms with Gasteiger partial charge in [-0.05, 0) is 32.1 Å². The van der Waals surface area contributed by atoms with Gasteiger partial charge in [0.25, 0.3) is 0 Å². The van der Waals surface area contributed by atoms with Crippen LogP contribution in [0.4, 0.5) is 5.95 Å². The van der Waals surface area contributed by atoms with E-state index >= 15 is 0 Å². The van der Waals surface area contributed by atoms with E-state index in [1.165, 1.54) is 0 Å². The van der Waals surface area contributed by atoms with Crippen LogP contribution < -0.4 is 5.32 Å². The zero-order valence-electron chi connectivity index (χ0n) is 12.7. The quantitative estimate of drug-likeness (QED) is 0.932. The lowest BCUT2D eigenvalue weighted by molar-refractivity contribution is 0.0516. The Morgan fingerprint density at radius 1 is 1.45 bits per heavy atom. The molecule has 6 nitrogen and oxygen atoms in total. The van der Waals surface area contributed by atoms with Crippen LogP contribution in [-0.4, -0.2) is 41.6 Å². The molecule has 22 heavy (non-hydrogen) atoms. The maximum absolute atomic E-state index is 5.80. The van der Waals surface area contributed by atoms with E-state index in [-0.39, 0.29) is 5.41 Å². The highest BCUT2D eigenvalue weighted by molar-refractivity contribution is 5.36. The van der Waals surface area contributed by atoms with Crippen molar-refractivity contribution in [2.45, 2.75) is 25.0 Å². The fourth-order valence-electron chi connectivity index (χ4n) is 3.45. The van der Waals surface area contributed by atoms with Crippen molar-refractivity contribution in [1.29, 1.82) is 0 Å². The maximum Gasteiger partial charge on any atom is 0.223 e. The molecular formula is C16H20N4O2. The summed E-state index contributed by atoms with van der Waals surface area (Å²) in [6.45, 7) is 4.03. The third-order valence-corrected chi connectivity index (χ3v) is 4.55. The monoisotopic (exact) mass is 300 g/mol. The van der Waals surface area contributed by atoms with Gasteiger partial charge in [-0.3, -0.25) is 0 Å². The summed E-state index contributed by atoms with van der Waals surface area (Å²) in [6, 6.07) is 3.82. The van der Waals surface area contributed by atoms with Crippen LogP contribution in [0, 0.1) is 0 Å². The van der Waals surface area contributed by atoms with Gasteiger partial charge in [-0.25, -0.2) is 9.97 Å². The Hall–Kier alpha value is -1.92. The summed E-state index contributed by atoms with van der Waals surface area (Å²) in [5, 5.41) is 3.24. The maximum atomic E-state index is 5.80. The molecule has 0 saturated carbocycles. The van der Waals surface area contributed by atoms with E-state index in [2.05, 4.69) is 22.2 Å². The zero-order valence-corrected chi connectivity index (χ0v) is 12.7. The second-order valence-corrected chi connectivity index (χ2v) is 6.26. The van der Waals surface area contributed by atoms with Gasteiger partial charge in [0.2, 0.25) is 5.95 Å². The summed E-state index contributed by atoms with van der Waals surface area (Å²) in [4.78, 5) is 11.6. The highest BCUT2D eigenvalue weighted by atomic mass is 16.5. The normalized spacial score (nSPS) is 24.6. The molecule has 2 aromatic heterocycles. The van der Waals surface area contributed by atoms with E-state index in [0.29, 0.717) is 19.1 Å². The van der Waals surface area contributed by atoms with Gasteiger partial charge in [0.05, 0.1) is 37.1 Å². The van der Waals surface area contributed by atoms with Crippen LogP contribution in [0.3, 0.4) is 0 Å². The van der Waals surface area contributed by atoms with E-state index in [0.717, 1.165) is 43.1 Å². The minimum absolute atomic E-state index is 0.0202. The van der Waals surface area contributed by atoms with Crippen LogP contribution in [0.5, 0.6) is 0 Å². The molecule has 2 aromatic rings. The Kier molecular flexibility index (Phi) is 3.35. The topological polar surface area (TPSA) is 63.4 Å². The van der Waals surface area contributed by atoms with Gasteiger partial charge in [-0.2, -0.15) is 0 Å². The molecule has 1 atom stereocenters. The fourth-order valence-corrected chi connectivity index (χ4v) is 3.45. The van der Waals surface area contributed by atoms with Gasteiger partial charge in [0.1, 0.15) is 5.76 Å². The van der Waals surface area contributed by atoms with Crippen LogP contribution in [-0.2, 0) is 23.3 Å². The number of hydrogen-bond acceptors (Lipinski definition) is 6. The standard InChI is InChI=1S/C16H20N4O2/c1-20-5-4-16(10-20)11-21-9-12-7-17-15(19-14(12)16)18-8-13-3-2-6-22-13/h2-3,6-7H,4-5,8-11H2,1H3,(H,17,18,19). The molecule has 0 bridgehead atoms. The van der Waals surface area contributed by atoms with Crippen LogP contribution >= 0.6 is 0 Å². The van der Waals surface area contributed by atoms with Gasteiger partial charge in [0.15, 0.2) is 0 Å². The van der Waals surface area contributed by atoms with Crippen molar-refractivity contribution in [2.75, 3.05) is 32.1 Å². The van der Waals surface area contributed by atoms with Gasteiger partial charge in [0, 0.05) is 18.3 Å². The number of aromatic nitrogens is 2. The molecule has 0 aliphatic carbocycles. The summed E-state index contributed by atoms with van der Waals surface area (Å²) in [5.41, 5.74) is 2.29. The first-order valence-corrected chi connectivity index (χ1v) is 7.64. The summed E-state index contributed by atoms with van der Waals surface area (Å²) in [7, 11) is 2.15. The van der Waals surface area contributed by atoms with E-state index in [1.54, 1.807) is 6.26 Å². The van der Waals surface area contributed by atoms with Gasteiger partial charge >= 0.3 is 0 Å². The number of hydrogen-bond donors (Lipinski definition) is 1. The SMILES string of the molecule is CN1CCC2(COCc3cnc(NCc4ccco4)nc32)C1. The molecule has 116 valence electrons. The number of nitrogens with zero attached hydrogens (tertiary/aromatic N) is 3. The van der Waals surface area contributed by atoms with Gasteiger partial charge in [-0.1, -0.05) is 0 Å². The minimum Gasteiger partial charge on any atom is -0.467 e. The summed E-state index contributed by atoms with van der Waals surface area (Å²) in [6.07, 6.45) is 4.66. The largest absolute Gasteiger partial charge is 0.467 e. The van der Waals surface area contributed by atoms with Crippen molar-refractivity contribution in [3.8, 4) is 0 Å². The average Bonchev–Trinajstić information content (AvgIpc) is 3.17. The first-order valence-electron chi connectivity index (χ1n) is 7.64. The molecule has 0 radical (unpaired) electrons. The number of likely N-dealkylation sites (tertiary alicyclic amines) is 1. The van der Waals surface area contributed by atoms with Crippen molar-refractivity contribution in [3.05, 3.63) is 41.6 Å². The van der Waals surface area contributed by atoms with Crippen LogP contribution in [0.1, 0.15) is 23.4 Å². The van der Waals surface area contributed by atoms with Crippen LogP contribution in [0.2, 0.25) is 0 Å². The molecule has 2 aliphatic heterocycles. The first kappa shape index (κ1) is 13.7. The number of rotatable bonds is 3. The molecule has 1 fully saturated rings. The van der Waals surface area contributed by atoms with Gasteiger partial charge < -0.3 is 19.4 Å². The van der Waals surface area contributed by atoms with Crippen LogP contribution in [0.15, 0.2) is 29.0 Å². The molecule has 1 saturated heterocycles. The van der Waals surface area contributed by atoms with Crippen LogP contribution in [0.25, 0.3) is 0 Å². The molecule has 1 unspecified atom stereocenters. The second kappa shape index (κ2) is 5.37. The lowest BCUT2D eigenvalue weighted by Crippen LogP contribution is -2.40. The zero-order chi connectivity index (χ0) is 15.0. The molecule has 0 aromatic carbocycles. The number of likely N-dealkylation sites (N-methyl/N-ethyl adjacent to an activating group) is 1.